The molecule has 0 amide bonds. The van der Waals surface area contributed by atoms with Crippen LogP contribution in [0.5, 0.6) is 0 Å². The van der Waals surface area contributed by atoms with Crippen LogP contribution in [-0.2, 0) is 4.74 Å². The van der Waals surface area contributed by atoms with Crippen LogP contribution in [0.2, 0.25) is 10.0 Å². The average molecular weight is 403 g/mol. The first kappa shape index (κ1) is 18.5. The molecule has 0 N–H and O–H groups in total. The Bertz CT molecular complexity index is 914. The molecule has 1 aliphatic heterocycles. The molecule has 4 nitrogen and oxygen atoms in total. The molecule has 0 aliphatic carbocycles. The summed E-state index contributed by atoms with van der Waals surface area (Å²) in [6, 6.07) is 15.7. The lowest BCUT2D eigenvalue weighted by molar-refractivity contribution is -0.0463. The zero-order valence-electron chi connectivity index (χ0n) is 14.9. The van der Waals surface area contributed by atoms with E-state index < -0.39 is 0 Å². The summed E-state index contributed by atoms with van der Waals surface area (Å²) in [5, 5.41) is 1.10. The quantitative estimate of drug-likeness (QED) is 0.553. The lowest BCUT2D eigenvalue weighted by atomic mass is 10.1. The van der Waals surface area contributed by atoms with Crippen molar-refractivity contribution in [2.24, 2.45) is 0 Å². The van der Waals surface area contributed by atoms with Gasteiger partial charge >= 0.3 is 0 Å². The summed E-state index contributed by atoms with van der Waals surface area (Å²) in [5.74, 6) is 1.50. The normalized spacial score (nSPS) is 19.1. The first-order valence-electron chi connectivity index (χ1n) is 8.93. The van der Waals surface area contributed by atoms with Gasteiger partial charge in [-0.1, -0.05) is 59.6 Å². The van der Waals surface area contributed by atoms with Gasteiger partial charge in [0.25, 0.3) is 0 Å². The molecule has 6 heteroatoms. The minimum absolute atomic E-state index is 0.0524. The smallest absolute Gasteiger partial charge is 0.211 e. The van der Waals surface area contributed by atoms with E-state index in [1.165, 1.54) is 0 Å². The van der Waals surface area contributed by atoms with E-state index in [1.54, 1.807) is 6.20 Å². The second-order valence-electron chi connectivity index (χ2n) is 6.63. The van der Waals surface area contributed by atoms with Crippen LogP contribution in [0.25, 0.3) is 11.3 Å². The van der Waals surface area contributed by atoms with E-state index >= 15 is 0 Å². The summed E-state index contributed by atoms with van der Waals surface area (Å²) in [6.07, 6.45) is 1.73. The van der Waals surface area contributed by atoms with E-state index in [9.17, 15) is 0 Å². The monoisotopic (exact) mass is 402 g/mol. The lowest BCUT2D eigenvalue weighted by Crippen LogP contribution is -2.40. The Balaban J connectivity index is 1.49. The van der Waals surface area contributed by atoms with Crippen LogP contribution >= 0.6 is 23.2 Å². The maximum Gasteiger partial charge on any atom is 0.211 e. The minimum Gasteiger partial charge on any atom is -0.439 e. The maximum atomic E-state index is 6.16. The van der Waals surface area contributed by atoms with E-state index in [2.05, 4.69) is 16.8 Å². The third kappa shape index (κ3) is 4.04. The molecule has 4 rings (SSSR count). The van der Waals surface area contributed by atoms with E-state index in [-0.39, 0.29) is 12.1 Å². The van der Waals surface area contributed by atoms with Gasteiger partial charge in [0.1, 0.15) is 0 Å². The Morgan fingerprint density at radius 2 is 1.93 bits per heavy atom. The highest BCUT2D eigenvalue weighted by molar-refractivity contribution is 6.42. The largest absolute Gasteiger partial charge is 0.439 e. The van der Waals surface area contributed by atoms with Crippen molar-refractivity contribution in [1.82, 2.24) is 9.88 Å². The minimum atomic E-state index is -0.0560. The fourth-order valence-electron chi connectivity index (χ4n) is 3.31. The third-order valence-electron chi connectivity index (χ3n) is 4.90. The van der Waals surface area contributed by atoms with Crippen LogP contribution in [0.3, 0.4) is 0 Å². The van der Waals surface area contributed by atoms with Gasteiger partial charge in [0.2, 0.25) is 5.89 Å². The molecular formula is C21H20Cl2N2O2. The molecule has 2 aromatic carbocycles. The number of hydrogen-bond acceptors (Lipinski definition) is 4. The van der Waals surface area contributed by atoms with Gasteiger partial charge in [0.05, 0.1) is 35.0 Å². The Morgan fingerprint density at radius 3 is 2.70 bits per heavy atom. The van der Waals surface area contributed by atoms with Crippen molar-refractivity contribution in [1.29, 1.82) is 0 Å². The number of benzene rings is 2. The van der Waals surface area contributed by atoms with Gasteiger partial charge in [-0.15, -0.1) is 0 Å². The lowest BCUT2D eigenvalue weighted by Gasteiger charge is -2.35. The number of oxazole rings is 1. The molecule has 1 aromatic heterocycles. The van der Waals surface area contributed by atoms with Crippen LogP contribution in [0.15, 0.2) is 59.1 Å². The van der Waals surface area contributed by atoms with Crippen LogP contribution in [0, 0.1) is 0 Å². The Kier molecular flexibility index (Phi) is 5.50. The van der Waals surface area contributed by atoms with Crippen molar-refractivity contribution in [3.05, 3.63) is 76.2 Å². The molecule has 1 fully saturated rings. The van der Waals surface area contributed by atoms with Crippen molar-refractivity contribution in [3.63, 3.8) is 0 Å². The zero-order chi connectivity index (χ0) is 18.8. The average Bonchev–Trinajstić information content (AvgIpc) is 3.20. The Labute approximate surface area is 168 Å². The van der Waals surface area contributed by atoms with Crippen molar-refractivity contribution < 1.29 is 9.15 Å². The van der Waals surface area contributed by atoms with Crippen LogP contribution in [0.1, 0.15) is 30.5 Å². The van der Waals surface area contributed by atoms with E-state index in [1.807, 2.05) is 48.5 Å². The number of morpholine rings is 1. The molecule has 0 spiro atoms. The van der Waals surface area contributed by atoms with Gasteiger partial charge in [0.15, 0.2) is 5.76 Å². The molecule has 2 unspecified atom stereocenters. The number of aromatic nitrogens is 1. The summed E-state index contributed by atoms with van der Waals surface area (Å²) >= 11 is 12.2. The second kappa shape index (κ2) is 8.03. The summed E-state index contributed by atoms with van der Waals surface area (Å²) in [6.45, 7) is 4.31. The molecule has 1 aliphatic rings. The molecule has 140 valence electrons. The highest BCUT2D eigenvalue weighted by Gasteiger charge is 2.28. The first-order valence-corrected chi connectivity index (χ1v) is 9.69. The maximum absolute atomic E-state index is 6.16. The van der Waals surface area contributed by atoms with Gasteiger partial charge in [-0.25, -0.2) is 4.98 Å². The van der Waals surface area contributed by atoms with Crippen molar-refractivity contribution in [2.75, 3.05) is 19.7 Å². The molecule has 1 saturated heterocycles. The molecule has 3 aromatic rings. The van der Waals surface area contributed by atoms with Crippen LogP contribution < -0.4 is 0 Å². The van der Waals surface area contributed by atoms with E-state index in [0.29, 0.717) is 22.5 Å². The van der Waals surface area contributed by atoms with Gasteiger partial charge in [-0.2, -0.15) is 0 Å². The number of hydrogen-bond donors (Lipinski definition) is 0. The predicted molar refractivity (Wildman–Crippen MR) is 107 cm³/mol. The fraction of sp³-hybridized carbons (Fsp3) is 0.286. The Hall–Kier alpha value is -1.85. The SMILES string of the molecule is CC(c1ncc(-c2ccccc2)o1)N1CCOC(c2ccc(Cl)c(Cl)c2)C1. The third-order valence-corrected chi connectivity index (χ3v) is 5.64. The van der Waals surface area contributed by atoms with Crippen LogP contribution in [-0.4, -0.2) is 29.6 Å². The molecule has 2 heterocycles. The molecular weight excluding hydrogens is 383 g/mol. The highest BCUT2D eigenvalue weighted by atomic mass is 35.5. The van der Waals surface area contributed by atoms with Crippen molar-refractivity contribution in [2.45, 2.75) is 19.1 Å². The van der Waals surface area contributed by atoms with E-state index in [4.69, 9.17) is 32.4 Å². The molecule has 0 saturated carbocycles. The molecule has 27 heavy (non-hydrogen) atoms. The molecule has 2 atom stereocenters. The zero-order valence-corrected chi connectivity index (χ0v) is 16.5. The van der Waals surface area contributed by atoms with Crippen molar-refractivity contribution >= 4 is 23.2 Å². The predicted octanol–water partition coefficient (Wildman–Crippen LogP) is 5.78. The summed E-state index contributed by atoms with van der Waals surface area (Å²) in [7, 11) is 0. The molecule has 0 bridgehead atoms. The summed E-state index contributed by atoms with van der Waals surface area (Å²) < 4.78 is 12.0. The van der Waals surface area contributed by atoms with Crippen LogP contribution in [0.4, 0.5) is 0 Å². The first-order chi connectivity index (χ1) is 13.1. The Morgan fingerprint density at radius 1 is 1.11 bits per heavy atom. The fourth-order valence-corrected chi connectivity index (χ4v) is 3.61. The standard InChI is InChI=1S/C21H20Cl2N2O2/c1-14(21-24-12-19(27-21)15-5-3-2-4-6-15)25-9-10-26-20(13-25)16-7-8-17(22)18(23)11-16/h2-8,11-12,14,20H,9-10,13H2,1H3. The molecule has 0 radical (unpaired) electrons. The number of nitrogens with zero attached hydrogens (tertiary/aromatic N) is 2. The number of rotatable bonds is 4. The summed E-state index contributed by atoms with van der Waals surface area (Å²) in [4.78, 5) is 6.82. The number of ether oxygens (including phenoxy) is 1. The number of halogens is 2. The van der Waals surface area contributed by atoms with Gasteiger partial charge in [-0.05, 0) is 24.6 Å². The van der Waals surface area contributed by atoms with Gasteiger partial charge < -0.3 is 9.15 Å². The van der Waals surface area contributed by atoms with Gasteiger partial charge in [-0.3, -0.25) is 4.90 Å². The van der Waals surface area contributed by atoms with E-state index in [0.717, 1.165) is 30.0 Å². The summed E-state index contributed by atoms with van der Waals surface area (Å²) in [5.41, 5.74) is 2.05. The topological polar surface area (TPSA) is 38.5 Å². The highest BCUT2D eigenvalue weighted by Crippen LogP contribution is 2.32. The second-order valence-corrected chi connectivity index (χ2v) is 7.45. The van der Waals surface area contributed by atoms with Crippen molar-refractivity contribution in [3.8, 4) is 11.3 Å². The van der Waals surface area contributed by atoms with Gasteiger partial charge in [0, 0.05) is 18.7 Å².